The van der Waals surface area contributed by atoms with Crippen LogP contribution in [-0.4, -0.2) is 42.6 Å². The number of nitro benzene ring substituents is 1. The number of ether oxygens (including phenoxy) is 2. The minimum absolute atomic E-state index is 0.0193. The maximum absolute atomic E-state index is 12.2. The van der Waals surface area contributed by atoms with Crippen molar-refractivity contribution in [2.45, 2.75) is 26.4 Å². The number of rotatable bonds is 9. The van der Waals surface area contributed by atoms with E-state index in [1.165, 1.54) is 37.4 Å². The molecule has 2 rings (SSSR count). The van der Waals surface area contributed by atoms with Crippen LogP contribution in [-0.2, 0) is 16.1 Å². The lowest BCUT2D eigenvalue weighted by molar-refractivity contribution is -0.384. The summed E-state index contributed by atoms with van der Waals surface area (Å²) < 4.78 is 10.0. The number of carbonyl (C=O) groups is 3. The molecule has 0 aromatic heterocycles. The summed E-state index contributed by atoms with van der Waals surface area (Å²) in [4.78, 5) is 46.1. The van der Waals surface area contributed by atoms with Crippen LogP contribution in [0.2, 0.25) is 0 Å². The maximum atomic E-state index is 12.2. The highest BCUT2D eigenvalue weighted by atomic mass is 16.6. The summed E-state index contributed by atoms with van der Waals surface area (Å²) in [5.41, 5.74) is 1.03. The molecule has 0 saturated carbocycles. The van der Waals surface area contributed by atoms with Gasteiger partial charge >= 0.3 is 12.0 Å². The van der Waals surface area contributed by atoms with Crippen LogP contribution in [0.25, 0.3) is 0 Å². The Bertz CT molecular complexity index is 990. The molecule has 0 radical (unpaired) electrons. The molecule has 0 aliphatic rings. The van der Waals surface area contributed by atoms with E-state index in [9.17, 15) is 24.5 Å². The zero-order chi connectivity index (χ0) is 23.7. The van der Waals surface area contributed by atoms with Crippen LogP contribution < -0.4 is 20.7 Å². The van der Waals surface area contributed by atoms with E-state index in [1.807, 2.05) is 13.8 Å². The molecule has 2 aromatic carbocycles. The Morgan fingerprint density at radius 3 is 2.38 bits per heavy atom. The van der Waals surface area contributed by atoms with Gasteiger partial charge in [-0.25, -0.2) is 9.59 Å². The van der Waals surface area contributed by atoms with Crippen LogP contribution in [0.1, 0.15) is 29.8 Å². The van der Waals surface area contributed by atoms with Crippen LogP contribution >= 0.6 is 0 Å². The molecule has 2 aromatic rings. The Hall–Kier alpha value is -4.15. The Morgan fingerprint density at radius 2 is 1.78 bits per heavy atom. The van der Waals surface area contributed by atoms with Crippen molar-refractivity contribution in [1.82, 2.24) is 10.6 Å². The van der Waals surface area contributed by atoms with Gasteiger partial charge in [-0.05, 0) is 37.6 Å². The molecule has 0 spiro atoms. The van der Waals surface area contributed by atoms with Crippen molar-refractivity contribution in [2.24, 2.45) is 0 Å². The average molecular weight is 444 g/mol. The van der Waals surface area contributed by atoms with Crippen LogP contribution in [0.15, 0.2) is 42.5 Å². The Kier molecular flexibility index (Phi) is 8.52. The third-order valence-corrected chi connectivity index (χ3v) is 4.07. The van der Waals surface area contributed by atoms with E-state index in [0.717, 1.165) is 5.56 Å². The van der Waals surface area contributed by atoms with Crippen LogP contribution in [0.4, 0.5) is 16.2 Å². The van der Waals surface area contributed by atoms with E-state index in [2.05, 4.69) is 16.0 Å². The molecule has 11 nitrogen and oxygen atoms in total. The lowest BCUT2D eigenvalue weighted by Crippen LogP contribution is -2.39. The van der Waals surface area contributed by atoms with Gasteiger partial charge in [0.2, 0.25) is 0 Å². The van der Waals surface area contributed by atoms with Crippen molar-refractivity contribution in [3.05, 3.63) is 63.7 Å². The monoisotopic (exact) mass is 444 g/mol. The van der Waals surface area contributed by atoms with Gasteiger partial charge in [-0.1, -0.05) is 12.1 Å². The van der Waals surface area contributed by atoms with E-state index >= 15 is 0 Å². The predicted octanol–water partition coefficient (Wildman–Crippen LogP) is 2.61. The summed E-state index contributed by atoms with van der Waals surface area (Å²) >= 11 is 0. The lowest BCUT2D eigenvalue weighted by atomic mass is 10.1. The Morgan fingerprint density at radius 1 is 1.09 bits per heavy atom. The summed E-state index contributed by atoms with van der Waals surface area (Å²) in [5, 5.41) is 18.7. The third-order valence-electron chi connectivity index (χ3n) is 4.07. The maximum Gasteiger partial charge on any atom is 0.338 e. The fraction of sp³-hybridized carbons (Fsp3) is 0.286. The molecule has 3 N–H and O–H groups in total. The van der Waals surface area contributed by atoms with Gasteiger partial charge in [-0.3, -0.25) is 14.9 Å². The minimum Gasteiger partial charge on any atom is -0.494 e. The first-order chi connectivity index (χ1) is 15.2. The van der Waals surface area contributed by atoms with Crippen molar-refractivity contribution < 1.29 is 28.8 Å². The number of hydrogen-bond acceptors (Lipinski definition) is 7. The minimum atomic E-state index is -0.701. The number of nitrogens with one attached hydrogen (secondary N) is 3. The number of anilines is 1. The van der Waals surface area contributed by atoms with Crippen molar-refractivity contribution in [2.75, 3.05) is 19.0 Å². The molecule has 170 valence electrons. The molecule has 0 atom stereocenters. The quantitative estimate of drug-likeness (QED) is 0.306. The highest BCUT2D eigenvalue weighted by molar-refractivity contribution is 5.96. The first-order valence-corrected chi connectivity index (χ1v) is 9.62. The molecular weight excluding hydrogens is 420 g/mol. The largest absolute Gasteiger partial charge is 0.494 e. The summed E-state index contributed by atoms with van der Waals surface area (Å²) in [6.45, 7) is 3.43. The summed E-state index contributed by atoms with van der Waals surface area (Å²) in [6.07, 6.45) is 0. The van der Waals surface area contributed by atoms with Gasteiger partial charge in [0.1, 0.15) is 5.75 Å². The van der Waals surface area contributed by atoms with Crippen LogP contribution in [0, 0.1) is 10.1 Å². The van der Waals surface area contributed by atoms with E-state index in [4.69, 9.17) is 9.47 Å². The first kappa shape index (κ1) is 24.1. The average Bonchev–Trinajstić information content (AvgIpc) is 2.76. The van der Waals surface area contributed by atoms with Crippen molar-refractivity contribution >= 4 is 29.3 Å². The van der Waals surface area contributed by atoms with Gasteiger partial charge in [-0.15, -0.1) is 0 Å². The molecule has 0 heterocycles. The molecule has 11 heteroatoms. The number of non-ortho nitro benzene ring substituents is 1. The van der Waals surface area contributed by atoms with Gasteiger partial charge in [0.25, 0.3) is 11.6 Å². The highest BCUT2D eigenvalue weighted by Gasteiger charge is 2.15. The number of benzene rings is 2. The fourth-order valence-corrected chi connectivity index (χ4v) is 2.55. The van der Waals surface area contributed by atoms with Crippen LogP contribution in [0.3, 0.4) is 0 Å². The van der Waals surface area contributed by atoms with Crippen molar-refractivity contribution in [3.63, 3.8) is 0 Å². The molecule has 0 aliphatic carbocycles. The topological polar surface area (TPSA) is 149 Å². The lowest BCUT2D eigenvalue weighted by Gasteiger charge is -2.11. The number of hydrogen-bond donors (Lipinski definition) is 3. The summed E-state index contributed by atoms with van der Waals surface area (Å²) in [6, 6.07) is 9.81. The first-order valence-electron chi connectivity index (χ1n) is 9.62. The van der Waals surface area contributed by atoms with E-state index in [-0.39, 0.29) is 41.3 Å². The van der Waals surface area contributed by atoms with Gasteiger partial charge in [-0.2, -0.15) is 0 Å². The normalized spacial score (nSPS) is 10.2. The fourth-order valence-electron chi connectivity index (χ4n) is 2.55. The number of nitro groups is 1. The number of carbonyl (C=O) groups excluding carboxylic acids is 3. The molecule has 0 bridgehead atoms. The second kappa shape index (κ2) is 11.3. The van der Waals surface area contributed by atoms with Crippen molar-refractivity contribution in [3.8, 4) is 5.75 Å². The molecule has 32 heavy (non-hydrogen) atoms. The molecule has 0 saturated heterocycles. The van der Waals surface area contributed by atoms with E-state index in [0.29, 0.717) is 0 Å². The van der Waals surface area contributed by atoms with E-state index in [1.54, 1.807) is 12.1 Å². The number of nitrogens with zero attached hydrogens (tertiary/aromatic N) is 1. The number of esters is 1. The second-order valence-corrected chi connectivity index (χ2v) is 6.94. The predicted molar refractivity (Wildman–Crippen MR) is 116 cm³/mol. The van der Waals surface area contributed by atoms with E-state index < -0.39 is 23.4 Å². The summed E-state index contributed by atoms with van der Waals surface area (Å²) in [7, 11) is 1.31. The highest BCUT2D eigenvalue weighted by Crippen LogP contribution is 2.28. The van der Waals surface area contributed by atoms with Gasteiger partial charge < -0.3 is 25.4 Å². The number of methoxy groups -OCH3 is 1. The smallest absolute Gasteiger partial charge is 0.338 e. The molecule has 0 unspecified atom stereocenters. The molecular formula is C21H24N4O7. The second-order valence-electron chi connectivity index (χ2n) is 6.94. The third kappa shape index (κ3) is 7.27. The Balaban J connectivity index is 1.86. The van der Waals surface area contributed by atoms with Crippen LogP contribution in [0.5, 0.6) is 5.75 Å². The number of urea groups is 1. The van der Waals surface area contributed by atoms with Gasteiger partial charge in [0.05, 0.1) is 29.4 Å². The molecule has 0 fully saturated rings. The van der Waals surface area contributed by atoms with Gasteiger partial charge in [0.15, 0.2) is 6.61 Å². The molecule has 0 aliphatic heterocycles. The SMILES string of the molecule is COc1cc([N+](=O)[O-])ccc1NC(=O)COC(=O)c1ccc(CNC(=O)NC(C)C)cc1. The Labute approximate surface area is 184 Å². The zero-order valence-corrected chi connectivity index (χ0v) is 17.8. The van der Waals surface area contributed by atoms with Crippen molar-refractivity contribution in [1.29, 1.82) is 0 Å². The standard InChI is InChI=1S/C21H24N4O7/c1-13(2)23-21(28)22-11-14-4-6-15(7-5-14)20(27)32-12-19(26)24-17-9-8-16(25(29)30)10-18(17)31-3/h4-10,13H,11-12H2,1-3H3,(H,24,26)(H2,22,23,28). The van der Waals surface area contributed by atoms with Gasteiger partial charge in [0, 0.05) is 18.7 Å². The number of amides is 3. The zero-order valence-electron chi connectivity index (χ0n) is 17.8. The molecule has 3 amide bonds. The summed E-state index contributed by atoms with van der Waals surface area (Å²) in [5.74, 6) is -1.24.